The molecule has 10 nitrogen and oxygen atoms in total. The molecule has 0 aromatic carbocycles. The van der Waals surface area contributed by atoms with Crippen LogP contribution < -0.4 is 21.5 Å². The number of hydrogen-bond acceptors (Lipinski definition) is 8. The molecule has 0 bridgehead atoms. The Morgan fingerprint density at radius 3 is 1.79 bits per heavy atom. The molecule has 4 unspecified atom stereocenters. The standard InChI is InChI=1S/C11H21NO3.C6H14N2.H3O4P.Pt/c1-4-12(5-2)9-6-8(7(9)3)10(13)11(14)15;7-5-3-1-2-4-6(5)8;1-5(2,3)4;/h7-10,13H,4-6H2,1-3H3,(H,14,15);5-6H,1-4,7-8H2;(H3,1,2,3,4);/q;;;+2/p-2/t;5-,6-;;/m.0../s1. The molecular formula is C17H36N3O7PPt. The summed E-state index contributed by atoms with van der Waals surface area (Å²) in [5, 5.41) is 19.9. The number of aliphatic carboxylic acids is 1. The van der Waals surface area contributed by atoms with Gasteiger partial charge >= 0.3 is 21.1 Å². The van der Waals surface area contributed by atoms with Crippen LogP contribution in [-0.2, 0) is 30.4 Å². The summed E-state index contributed by atoms with van der Waals surface area (Å²) in [6.07, 6.45) is 4.26. The number of phosphoric acid groups is 1. The number of carboxylic acid groups (broad SMARTS) is 1. The molecule has 2 aliphatic carbocycles. The number of aliphatic hydroxyl groups is 1. The van der Waals surface area contributed by atoms with Crippen LogP contribution in [0.1, 0.15) is 52.9 Å². The van der Waals surface area contributed by atoms with E-state index in [1.165, 1.54) is 12.8 Å². The Morgan fingerprint density at radius 1 is 1.17 bits per heavy atom. The normalized spacial score (nSPS) is 29.8. The topological polar surface area (TPSA) is 196 Å². The molecule has 0 aromatic rings. The molecular weight excluding hydrogens is 584 g/mol. The molecule has 29 heavy (non-hydrogen) atoms. The van der Waals surface area contributed by atoms with Crippen LogP contribution in [-0.4, -0.2) is 63.1 Å². The van der Waals surface area contributed by atoms with Gasteiger partial charge in [0, 0.05) is 18.1 Å². The number of carbonyl (C=O) groups is 1. The minimum Gasteiger partial charge on any atom is -0.756 e. The molecule has 7 N–H and O–H groups in total. The van der Waals surface area contributed by atoms with Gasteiger partial charge in [-0.25, -0.2) is 0 Å². The average molecular weight is 621 g/mol. The first-order valence-corrected chi connectivity index (χ1v) is 11.3. The Hall–Kier alpha value is 0.108. The van der Waals surface area contributed by atoms with Crippen molar-refractivity contribution in [1.82, 2.24) is 4.90 Å². The van der Waals surface area contributed by atoms with Crippen molar-refractivity contribution in [1.29, 1.82) is 0 Å². The summed E-state index contributed by atoms with van der Waals surface area (Å²) in [5.74, 6) is -1.25. The summed E-state index contributed by atoms with van der Waals surface area (Å²) in [5.41, 5.74) is 11.3. The van der Waals surface area contributed by atoms with Crippen molar-refractivity contribution in [3.63, 3.8) is 0 Å². The number of nitrogens with zero attached hydrogens (tertiary/aromatic N) is 1. The first-order valence-electron chi connectivity index (χ1n) is 9.74. The van der Waals surface area contributed by atoms with Crippen LogP contribution in [0.25, 0.3) is 0 Å². The smallest absolute Gasteiger partial charge is 0.756 e. The monoisotopic (exact) mass is 620 g/mol. The second-order valence-electron chi connectivity index (χ2n) is 7.41. The number of carboxylic acids is 1. The van der Waals surface area contributed by atoms with E-state index in [4.69, 9.17) is 30.7 Å². The van der Waals surface area contributed by atoms with Crippen LogP contribution in [0.15, 0.2) is 0 Å². The van der Waals surface area contributed by atoms with E-state index in [2.05, 4.69) is 18.7 Å². The van der Waals surface area contributed by atoms with Gasteiger partial charge in [0.05, 0.1) is 12.1 Å². The van der Waals surface area contributed by atoms with Crippen molar-refractivity contribution in [3.05, 3.63) is 0 Å². The van der Waals surface area contributed by atoms with Crippen molar-refractivity contribution in [2.45, 2.75) is 77.1 Å². The fourth-order valence-corrected chi connectivity index (χ4v) is 3.75. The summed E-state index contributed by atoms with van der Waals surface area (Å²) < 4.78 is 8.77. The van der Waals surface area contributed by atoms with E-state index in [0.29, 0.717) is 6.04 Å². The third-order valence-electron chi connectivity index (χ3n) is 5.60. The van der Waals surface area contributed by atoms with Crippen LogP contribution in [0.4, 0.5) is 0 Å². The van der Waals surface area contributed by atoms with Gasteiger partial charge in [0.2, 0.25) is 0 Å². The Morgan fingerprint density at radius 2 is 1.55 bits per heavy atom. The molecule has 12 heteroatoms. The van der Waals surface area contributed by atoms with Crippen molar-refractivity contribution in [2.24, 2.45) is 23.3 Å². The van der Waals surface area contributed by atoms with E-state index in [1.807, 2.05) is 6.92 Å². The first kappa shape index (κ1) is 31.3. The number of rotatable bonds is 5. The Bertz CT molecular complexity index is 489. The molecule has 6 atom stereocenters. The van der Waals surface area contributed by atoms with E-state index in [-0.39, 0.29) is 45.0 Å². The van der Waals surface area contributed by atoms with Crippen LogP contribution in [0.5, 0.6) is 0 Å². The van der Waals surface area contributed by atoms with E-state index >= 15 is 0 Å². The molecule has 0 aliphatic heterocycles. The predicted molar refractivity (Wildman–Crippen MR) is 101 cm³/mol. The molecule has 0 amide bonds. The van der Waals surface area contributed by atoms with Crippen LogP contribution in [0, 0.1) is 11.8 Å². The quantitative estimate of drug-likeness (QED) is 0.217. The number of aliphatic hydroxyl groups excluding tert-OH is 1. The SMILES string of the molecule is CCN(CC)C1CC(C(O)C(=O)[O-])C1C.N[C@H]1CCCC[C@@H]1N.O=P([O-])(O)O.[Pt+2]. The fraction of sp³-hybridized carbons (Fsp3) is 0.941. The van der Waals surface area contributed by atoms with E-state index in [9.17, 15) is 15.0 Å². The molecule has 0 spiro atoms. The molecule has 2 rings (SSSR count). The summed E-state index contributed by atoms with van der Waals surface area (Å²) >= 11 is 0. The van der Waals surface area contributed by atoms with Crippen molar-refractivity contribution < 1.29 is 55.3 Å². The van der Waals surface area contributed by atoms with Crippen LogP contribution in [0.2, 0.25) is 0 Å². The molecule has 2 saturated carbocycles. The molecule has 0 radical (unpaired) electrons. The number of hydrogen-bond donors (Lipinski definition) is 5. The molecule has 2 fully saturated rings. The fourth-order valence-electron chi connectivity index (χ4n) is 3.75. The van der Waals surface area contributed by atoms with Gasteiger partial charge in [-0.05, 0) is 44.2 Å². The largest absolute Gasteiger partial charge is 2.00 e. The van der Waals surface area contributed by atoms with Crippen LogP contribution >= 0.6 is 7.82 Å². The Labute approximate surface area is 187 Å². The zero-order valence-corrected chi connectivity index (χ0v) is 20.4. The van der Waals surface area contributed by atoms with Gasteiger partial charge in [-0.2, -0.15) is 0 Å². The maximum absolute atomic E-state index is 10.5. The maximum Gasteiger partial charge on any atom is 2.00 e. The summed E-state index contributed by atoms with van der Waals surface area (Å²) in [7, 11) is -4.89. The average Bonchev–Trinajstić information content (AvgIpc) is 2.59. The first-order chi connectivity index (χ1) is 12.8. The summed E-state index contributed by atoms with van der Waals surface area (Å²) in [4.78, 5) is 35.8. The molecule has 0 aromatic heterocycles. The molecule has 0 saturated heterocycles. The van der Waals surface area contributed by atoms with Gasteiger partial charge in [-0.1, -0.05) is 33.6 Å². The van der Waals surface area contributed by atoms with E-state index in [1.54, 1.807) is 0 Å². The second-order valence-corrected chi connectivity index (χ2v) is 8.40. The van der Waals surface area contributed by atoms with Crippen molar-refractivity contribution in [2.75, 3.05) is 13.1 Å². The van der Waals surface area contributed by atoms with E-state index < -0.39 is 19.9 Å². The third kappa shape index (κ3) is 12.5. The second kappa shape index (κ2) is 15.0. The van der Waals surface area contributed by atoms with Gasteiger partial charge < -0.3 is 46.1 Å². The van der Waals surface area contributed by atoms with Crippen molar-refractivity contribution >= 4 is 13.8 Å². The molecule has 176 valence electrons. The summed E-state index contributed by atoms with van der Waals surface area (Å²) in [6, 6.07) is 0.978. The molecule has 2 aliphatic rings. The van der Waals surface area contributed by atoms with E-state index in [0.717, 1.165) is 32.4 Å². The number of nitrogens with two attached hydrogens (primary N) is 2. The van der Waals surface area contributed by atoms with Crippen LogP contribution in [0.3, 0.4) is 0 Å². The van der Waals surface area contributed by atoms with Gasteiger partial charge in [-0.3, -0.25) is 4.57 Å². The van der Waals surface area contributed by atoms with Crippen molar-refractivity contribution in [3.8, 4) is 0 Å². The maximum atomic E-state index is 10.5. The summed E-state index contributed by atoms with van der Waals surface area (Å²) in [6.45, 7) is 8.14. The Balaban J connectivity index is 0. The zero-order chi connectivity index (χ0) is 22.1. The third-order valence-corrected chi connectivity index (χ3v) is 5.60. The number of carbonyl (C=O) groups excluding carboxylic acids is 1. The zero-order valence-electron chi connectivity index (χ0n) is 17.3. The van der Waals surface area contributed by atoms with Gasteiger partial charge in [0.1, 0.15) is 0 Å². The minimum absolute atomic E-state index is 0. The van der Waals surface area contributed by atoms with Gasteiger partial charge in [-0.15, -0.1) is 0 Å². The predicted octanol–water partition coefficient (Wildman–Crippen LogP) is -1.88. The van der Waals surface area contributed by atoms with Gasteiger partial charge in [0.25, 0.3) is 7.82 Å². The minimum atomic E-state index is -4.89. The Kier molecular flexibility index (Phi) is 16.2. The van der Waals surface area contributed by atoms with Gasteiger partial charge in [0.15, 0.2) is 0 Å². The molecule has 0 heterocycles.